The lowest BCUT2D eigenvalue weighted by Crippen LogP contribution is -2.26. The molecule has 0 aromatic carbocycles. The van der Waals surface area contributed by atoms with Crippen molar-refractivity contribution >= 4 is 27.4 Å². The Bertz CT molecular complexity index is 529. The lowest BCUT2D eigenvalue weighted by molar-refractivity contribution is 0.306. The third kappa shape index (κ3) is 2.09. The van der Waals surface area contributed by atoms with Gasteiger partial charge < -0.3 is 5.32 Å². The number of nitrogens with zero attached hydrogens (tertiary/aromatic N) is 2. The number of anilines is 1. The maximum atomic E-state index is 4.39. The molecule has 0 spiro atoms. The van der Waals surface area contributed by atoms with Crippen LogP contribution >= 0.6 is 11.3 Å². The first-order chi connectivity index (χ1) is 8.83. The molecule has 0 bridgehead atoms. The minimum absolute atomic E-state index is 0.493. The van der Waals surface area contributed by atoms with Gasteiger partial charge in [-0.05, 0) is 36.1 Å². The van der Waals surface area contributed by atoms with E-state index in [2.05, 4.69) is 33.7 Å². The highest BCUT2D eigenvalue weighted by Crippen LogP contribution is 2.41. The van der Waals surface area contributed by atoms with Gasteiger partial charge in [-0.25, -0.2) is 9.97 Å². The highest BCUT2D eigenvalue weighted by Gasteiger charge is 2.31. The summed E-state index contributed by atoms with van der Waals surface area (Å²) in [6, 6.07) is 2.11. The van der Waals surface area contributed by atoms with Gasteiger partial charge in [-0.3, -0.25) is 0 Å². The largest absolute Gasteiger partial charge is 0.369 e. The molecule has 2 heterocycles. The monoisotopic (exact) mass is 261 g/mol. The molecule has 2 aromatic heterocycles. The standard InChI is InChI=1S/C14H19N3S/c1-2-14(6-3-4-7-14)9-15-12-11-5-8-18-13(11)17-10-16-12/h5,8,10H,2-4,6-7,9H2,1H3,(H,15,16,17). The van der Waals surface area contributed by atoms with Gasteiger partial charge in [0.05, 0.1) is 5.39 Å². The molecule has 0 amide bonds. The lowest BCUT2D eigenvalue weighted by Gasteiger charge is -2.28. The Hall–Kier alpha value is -1.16. The van der Waals surface area contributed by atoms with E-state index in [1.54, 1.807) is 17.7 Å². The van der Waals surface area contributed by atoms with Crippen molar-refractivity contribution in [3.8, 4) is 0 Å². The van der Waals surface area contributed by atoms with E-state index >= 15 is 0 Å². The summed E-state index contributed by atoms with van der Waals surface area (Å²) in [5.41, 5.74) is 0.493. The number of hydrogen-bond donors (Lipinski definition) is 1. The molecule has 1 N–H and O–H groups in total. The van der Waals surface area contributed by atoms with E-state index in [0.717, 1.165) is 22.6 Å². The number of nitrogens with one attached hydrogen (secondary N) is 1. The van der Waals surface area contributed by atoms with Crippen LogP contribution in [0.3, 0.4) is 0 Å². The Morgan fingerprint density at radius 1 is 1.33 bits per heavy atom. The van der Waals surface area contributed by atoms with Crippen LogP contribution < -0.4 is 5.32 Å². The topological polar surface area (TPSA) is 37.8 Å². The fraction of sp³-hybridized carbons (Fsp3) is 0.571. The van der Waals surface area contributed by atoms with E-state index < -0.39 is 0 Å². The zero-order valence-electron chi connectivity index (χ0n) is 10.8. The van der Waals surface area contributed by atoms with Gasteiger partial charge in [0.25, 0.3) is 0 Å². The van der Waals surface area contributed by atoms with Crippen LogP contribution in [0.4, 0.5) is 5.82 Å². The first-order valence-corrected chi connectivity index (χ1v) is 7.63. The molecule has 0 aliphatic heterocycles. The third-order valence-electron chi connectivity index (χ3n) is 4.31. The van der Waals surface area contributed by atoms with Crippen molar-refractivity contribution in [1.29, 1.82) is 0 Å². The first kappa shape index (κ1) is 11.9. The average Bonchev–Trinajstić information content (AvgIpc) is 3.06. The molecule has 96 valence electrons. The van der Waals surface area contributed by atoms with Gasteiger partial charge in [-0.1, -0.05) is 19.8 Å². The number of rotatable bonds is 4. The number of hydrogen-bond acceptors (Lipinski definition) is 4. The number of thiophene rings is 1. The first-order valence-electron chi connectivity index (χ1n) is 6.75. The molecule has 1 aliphatic rings. The Labute approximate surface area is 112 Å². The predicted octanol–water partition coefficient (Wildman–Crippen LogP) is 4.07. The fourth-order valence-electron chi connectivity index (χ4n) is 2.98. The lowest BCUT2D eigenvalue weighted by atomic mass is 9.83. The third-order valence-corrected chi connectivity index (χ3v) is 5.13. The van der Waals surface area contributed by atoms with Crippen LogP contribution in [0.5, 0.6) is 0 Å². The van der Waals surface area contributed by atoms with Crippen molar-refractivity contribution in [1.82, 2.24) is 9.97 Å². The minimum atomic E-state index is 0.493. The van der Waals surface area contributed by atoms with E-state index in [4.69, 9.17) is 0 Å². The van der Waals surface area contributed by atoms with Gasteiger partial charge in [0, 0.05) is 6.54 Å². The summed E-state index contributed by atoms with van der Waals surface area (Å²) in [5, 5.41) is 6.80. The van der Waals surface area contributed by atoms with Crippen LogP contribution in [-0.2, 0) is 0 Å². The normalized spacial score (nSPS) is 18.3. The summed E-state index contributed by atoms with van der Waals surface area (Å²) < 4.78 is 0. The number of fused-ring (bicyclic) bond motifs is 1. The van der Waals surface area contributed by atoms with Gasteiger partial charge in [0.2, 0.25) is 0 Å². The molecule has 1 aliphatic carbocycles. The Morgan fingerprint density at radius 2 is 2.17 bits per heavy atom. The molecule has 0 unspecified atom stereocenters. The second kappa shape index (κ2) is 4.84. The summed E-state index contributed by atoms with van der Waals surface area (Å²) in [6.07, 6.45) is 8.40. The maximum Gasteiger partial charge on any atom is 0.138 e. The predicted molar refractivity (Wildman–Crippen MR) is 77.1 cm³/mol. The van der Waals surface area contributed by atoms with Gasteiger partial charge >= 0.3 is 0 Å². The Morgan fingerprint density at radius 3 is 2.94 bits per heavy atom. The molecular weight excluding hydrogens is 242 g/mol. The van der Waals surface area contributed by atoms with Crippen molar-refractivity contribution in [2.75, 3.05) is 11.9 Å². The highest BCUT2D eigenvalue weighted by atomic mass is 32.1. The molecule has 0 atom stereocenters. The van der Waals surface area contributed by atoms with E-state index in [1.165, 1.54) is 32.1 Å². The second-order valence-electron chi connectivity index (χ2n) is 5.28. The average molecular weight is 261 g/mol. The van der Waals surface area contributed by atoms with Crippen molar-refractivity contribution in [2.24, 2.45) is 5.41 Å². The van der Waals surface area contributed by atoms with Crippen molar-refractivity contribution < 1.29 is 0 Å². The molecule has 2 aromatic rings. The molecule has 1 fully saturated rings. The van der Waals surface area contributed by atoms with Crippen LogP contribution in [-0.4, -0.2) is 16.5 Å². The van der Waals surface area contributed by atoms with Crippen LogP contribution in [0, 0.1) is 5.41 Å². The summed E-state index contributed by atoms with van der Waals surface area (Å²) in [5.74, 6) is 1.00. The zero-order chi connectivity index (χ0) is 12.4. The van der Waals surface area contributed by atoms with Crippen molar-refractivity contribution in [3.63, 3.8) is 0 Å². The summed E-state index contributed by atoms with van der Waals surface area (Å²) >= 11 is 1.67. The SMILES string of the molecule is CCC1(CNc2ncnc3sccc23)CCCC1. The molecular formula is C14H19N3S. The molecule has 1 saturated carbocycles. The van der Waals surface area contributed by atoms with Crippen molar-refractivity contribution in [2.45, 2.75) is 39.0 Å². The summed E-state index contributed by atoms with van der Waals surface area (Å²) in [6.45, 7) is 3.36. The van der Waals surface area contributed by atoms with Crippen molar-refractivity contribution in [3.05, 3.63) is 17.8 Å². The minimum Gasteiger partial charge on any atom is -0.369 e. The highest BCUT2D eigenvalue weighted by molar-refractivity contribution is 7.16. The Balaban J connectivity index is 1.78. The van der Waals surface area contributed by atoms with Crippen LogP contribution in [0.15, 0.2) is 17.8 Å². The maximum absolute atomic E-state index is 4.39. The van der Waals surface area contributed by atoms with Crippen LogP contribution in [0.1, 0.15) is 39.0 Å². The second-order valence-corrected chi connectivity index (χ2v) is 6.17. The molecule has 3 nitrogen and oxygen atoms in total. The Kier molecular flexibility index (Phi) is 3.20. The molecule has 18 heavy (non-hydrogen) atoms. The van der Waals surface area contributed by atoms with Crippen LogP contribution in [0.2, 0.25) is 0 Å². The van der Waals surface area contributed by atoms with Crippen LogP contribution in [0.25, 0.3) is 10.2 Å². The summed E-state index contributed by atoms with van der Waals surface area (Å²) in [4.78, 5) is 9.75. The molecule has 0 saturated heterocycles. The van der Waals surface area contributed by atoms with E-state index in [1.807, 2.05) is 0 Å². The quantitative estimate of drug-likeness (QED) is 0.901. The van der Waals surface area contributed by atoms with E-state index in [-0.39, 0.29) is 0 Å². The smallest absolute Gasteiger partial charge is 0.138 e. The number of aromatic nitrogens is 2. The fourth-order valence-corrected chi connectivity index (χ4v) is 3.72. The van der Waals surface area contributed by atoms with E-state index in [0.29, 0.717) is 5.41 Å². The molecule has 3 rings (SSSR count). The van der Waals surface area contributed by atoms with E-state index in [9.17, 15) is 0 Å². The zero-order valence-corrected chi connectivity index (χ0v) is 11.6. The molecule has 4 heteroatoms. The van der Waals surface area contributed by atoms with Gasteiger partial charge in [0.1, 0.15) is 17.0 Å². The van der Waals surface area contributed by atoms with Gasteiger partial charge in [-0.15, -0.1) is 11.3 Å². The van der Waals surface area contributed by atoms with Gasteiger partial charge in [0.15, 0.2) is 0 Å². The molecule has 0 radical (unpaired) electrons. The van der Waals surface area contributed by atoms with Gasteiger partial charge in [-0.2, -0.15) is 0 Å². The summed E-state index contributed by atoms with van der Waals surface area (Å²) in [7, 11) is 0.